The van der Waals surface area contributed by atoms with Crippen LogP contribution in [0.25, 0.3) is 0 Å². The van der Waals surface area contributed by atoms with Crippen LogP contribution in [0, 0.1) is 36.0 Å². The first kappa shape index (κ1) is 16.1. The number of hydrogen-bond donors (Lipinski definition) is 0. The highest BCUT2D eigenvalue weighted by atomic mass is 32.2. The lowest BCUT2D eigenvalue weighted by atomic mass is 9.57. The zero-order valence-electron chi connectivity index (χ0n) is 15.3. The van der Waals surface area contributed by atoms with E-state index in [1.54, 1.807) is 10.4 Å². The second kappa shape index (κ2) is 4.97. The van der Waals surface area contributed by atoms with Gasteiger partial charge in [-0.1, -0.05) is 13.8 Å². The first-order chi connectivity index (χ1) is 11.8. The fourth-order valence-corrected chi connectivity index (χ4v) is 7.15. The Hall–Kier alpha value is -1.14. The van der Waals surface area contributed by atoms with Crippen LogP contribution in [0.2, 0.25) is 0 Å². The lowest BCUT2D eigenvalue weighted by molar-refractivity contribution is 0.0299. The van der Waals surface area contributed by atoms with Crippen LogP contribution >= 0.6 is 0 Å². The Morgan fingerprint density at radius 3 is 2.44 bits per heavy atom. The van der Waals surface area contributed by atoms with E-state index in [1.165, 1.54) is 12.8 Å². The maximum Gasteiger partial charge on any atom is 0.246 e. The van der Waals surface area contributed by atoms with E-state index in [0.29, 0.717) is 52.9 Å². The van der Waals surface area contributed by atoms with Crippen molar-refractivity contribution in [3.05, 3.63) is 17.8 Å². The molecule has 0 N–H and O–H groups in total. The van der Waals surface area contributed by atoms with Crippen LogP contribution < -0.4 is 4.90 Å². The zero-order valence-corrected chi connectivity index (χ0v) is 16.1. The van der Waals surface area contributed by atoms with Crippen LogP contribution in [0.5, 0.6) is 0 Å². The third-order valence-corrected chi connectivity index (χ3v) is 8.93. The molecule has 0 radical (unpaired) electrons. The molecule has 4 atom stereocenters. The minimum atomic E-state index is -3.44. The van der Waals surface area contributed by atoms with Crippen LogP contribution in [0.3, 0.4) is 0 Å². The molecule has 5 rings (SSSR count). The molecule has 2 aliphatic carbocycles. The summed E-state index contributed by atoms with van der Waals surface area (Å²) in [6, 6.07) is 3.62. The molecule has 4 fully saturated rings. The maximum absolute atomic E-state index is 13.3. The quantitative estimate of drug-likeness (QED) is 0.830. The van der Waals surface area contributed by atoms with E-state index in [9.17, 15) is 8.42 Å². The van der Waals surface area contributed by atoms with Crippen LogP contribution in [-0.2, 0) is 10.0 Å². The molecule has 3 heterocycles. The largest absolute Gasteiger partial charge is 0.355 e. The zero-order chi connectivity index (χ0) is 17.6. The summed E-state index contributed by atoms with van der Waals surface area (Å²) in [5.41, 5.74) is 1.26. The Kier molecular flexibility index (Phi) is 3.20. The summed E-state index contributed by atoms with van der Waals surface area (Å²) < 4.78 is 28.2. The highest BCUT2D eigenvalue weighted by molar-refractivity contribution is 7.89. The Morgan fingerprint density at radius 1 is 1.08 bits per heavy atom. The summed E-state index contributed by atoms with van der Waals surface area (Å²) in [5.74, 6) is 3.22. The smallest absolute Gasteiger partial charge is 0.246 e. The summed E-state index contributed by atoms with van der Waals surface area (Å²) >= 11 is 0. The van der Waals surface area contributed by atoms with Gasteiger partial charge in [0, 0.05) is 31.9 Å². The highest BCUT2D eigenvalue weighted by Gasteiger charge is 2.53. The molecule has 136 valence electrons. The van der Waals surface area contributed by atoms with Crippen molar-refractivity contribution in [1.82, 2.24) is 9.29 Å². The summed E-state index contributed by atoms with van der Waals surface area (Å²) in [7, 11) is -3.44. The second-order valence-corrected chi connectivity index (χ2v) is 11.2. The van der Waals surface area contributed by atoms with Crippen molar-refractivity contribution >= 4 is 15.8 Å². The Balaban J connectivity index is 1.49. The Bertz CT molecular complexity index is 825. The van der Waals surface area contributed by atoms with E-state index in [2.05, 4.69) is 23.7 Å². The standard InChI is InChI=1S/C19H27N3O2S/c1-12-4-5-17(25(23,24)22-9-13-6-14(13)10-22)18(20-12)21-8-15-7-19(2,3)16(15)11-21/h4-5,13-16H,6-11H2,1-3H3/t13?,14?,15-,16+/m0/s1. The molecule has 4 aliphatic rings. The third-order valence-electron chi connectivity index (χ3n) is 7.07. The molecule has 2 unspecified atom stereocenters. The van der Waals surface area contributed by atoms with Gasteiger partial charge in [0.25, 0.3) is 0 Å². The number of nitrogens with zero attached hydrogens (tertiary/aromatic N) is 3. The number of aromatic nitrogens is 1. The molecule has 2 saturated carbocycles. The number of sulfonamides is 1. The van der Waals surface area contributed by atoms with Gasteiger partial charge in [-0.05, 0) is 61.0 Å². The van der Waals surface area contributed by atoms with Crippen molar-refractivity contribution in [1.29, 1.82) is 0 Å². The molecule has 0 amide bonds. The van der Waals surface area contributed by atoms with Crippen LogP contribution in [0.4, 0.5) is 5.82 Å². The molecule has 6 heteroatoms. The topological polar surface area (TPSA) is 53.5 Å². The van der Waals surface area contributed by atoms with Crippen molar-refractivity contribution < 1.29 is 8.42 Å². The minimum Gasteiger partial charge on any atom is -0.355 e. The summed E-state index contributed by atoms with van der Waals surface area (Å²) in [6.45, 7) is 9.86. The van der Waals surface area contributed by atoms with Crippen LogP contribution in [-0.4, -0.2) is 43.9 Å². The van der Waals surface area contributed by atoms with Gasteiger partial charge in [-0.15, -0.1) is 0 Å². The first-order valence-electron chi connectivity index (χ1n) is 9.48. The normalized spacial score (nSPS) is 36.0. The molecule has 1 aromatic heterocycles. The van der Waals surface area contributed by atoms with Crippen molar-refractivity contribution in [3.63, 3.8) is 0 Å². The maximum atomic E-state index is 13.3. The predicted octanol–water partition coefficient (Wildman–Crippen LogP) is 2.51. The fraction of sp³-hybridized carbons (Fsp3) is 0.737. The number of piperidine rings is 1. The molecule has 2 aliphatic heterocycles. The number of rotatable bonds is 3. The number of hydrogen-bond acceptors (Lipinski definition) is 4. The molecule has 5 nitrogen and oxygen atoms in total. The van der Waals surface area contributed by atoms with E-state index in [0.717, 1.165) is 18.8 Å². The average Bonchev–Trinajstić information content (AvgIpc) is 2.98. The van der Waals surface area contributed by atoms with Crippen molar-refractivity contribution in [2.45, 2.75) is 38.5 Å². The number of aryl methyl sites for hydroxylation is 1. The van der Waals surface area contributed by atoms with Gasteiger partial charge >= 0.3 is 0 Å². The highest BCUT2D eigenvalue weighted by Crippen LogP contribution is 2.55. The summed E-state index contributed by atoms with van der Waals surface area (Å²) in [6.07, 6.45) is 2.44. The fourth-order valence-electron chi connectivity index (χ4n) is 5.45. The lowest BCUT2D eigenvalue weighted by Gasteiger charge is -2.47. The number of pyridine rings is 1. The van der Waals surface area contributed by atoms with Crippen molar-refractivity contribution in [3.8, 4) is 0 Å². The van der Waals surface area contributed by atoms with Gasteiger partial charge < -0.3 is 4.90 Å². The van der Waals surface area contributed by atoms with E-state index in [-0.39, 0.29) is 0 Å². The molecule has 0 bridgehead atoms. The number of anilines is 1. The van der Waals surface area contributed by atoms with E-state index in [1.807, 2.05) is 13.0 Å². The van der Waals surface area contributed by atoms with Gasteiger partial charge in [0.2, 0.25) is 10.0 Å². The van der Waals surface area contributed by atoms with Gasteiger partial charge in [-0.25, -0.2) is 13.4 Å². The van der Waals surface area contributed by atoms with Crippen molar-refractivity contribution in [2.24, 2.45) is 29.1 Å². The van der Waals surface area contributed by atoms with Crippen LogP contribution in [0.15, 0.2) is 17.0 Å². The Labute approximate surface area is 150 Å². The van der Waals surface area contributed by atoms with Gasteiger partial charge in [0.05, 0.1) is 0 Å². The average molecular weight is 362 g/mol. The first-order valence-corrected chi connectivity index (χ1v) is 10.9. The third kappa shape index (κ3) is 2.36. The molecule has 25 heavy (non-hydrogen) atoms. The number of fused-ring (bicyclic) bond motifs is 2. The van der Waals surface area contributed by atoms with Gasteiger partial charge in [0.1, 0.15) is 10.7 Å². The van der Waals surface area contributed by atoms with Gasteiger partial charge in [0.15, 0.2) is 0 Å². The molecule has 0 spiro atoms. The molecule has 1 aromatic rings. The van der Waals surface area contributed by atoms with E-state index in [4.69, 9.17) is 0 Å². The van der Waals surface area contributed by atoms with Crippen molar-refractivity contribution in [2.75, 3.05) is 31.1 Å². The van der Waals surface area contributed by atoms with E-state index < -0.39 is 10.0 Å². The molecular formula is C19H27N3O2S. The summed E-state index contributed by atoms with van der Waals surface area (Å²) in [5, 5.41) is 0. The predicted molar refractivity (Wildman–Crippen MR) is 96.9 cm³/mol. The summed E-state index contributed by atoms with van der Waals surface area (Å²) in [4.78, 5) is 7.34. The molecule has 2 saturated heterocycles. The molecular weight excluding hydrogens is 334 g/mol. The monoisotopic (exact) mass is 361 g/mol. The Morgan fingerprint density at radius 2 is 1.80 bits per heavy atom. The SMILES string of the molecule is Cc1ccc(S(=O)(=O)N2CC3CC3C2)c(N2C[C@@H]3CC(C)(C)[C@@H]3C2)n1. The van der Waals surface area contributed by atoms with Gasteiger partial charge in [-0.2, -0.15) is 4.31 Å². The van der Waals surface area contributed by atoms with Crippen LogP contribution in [0.1, 0.15) is 32.4 Å². The second-order valence-electron chi connectivity index (χ2n) is 9.32. The molecule has 0 aromatic carbocycles. The van der Waals surface area contributed by atoms with Gasteiger partial charge in [-0.3, -0.25) is 0 Å². The van der Waals surface area contributed by atoms with E-state index >= 15 is 0 Å². The minimum absolute atomic E-state index is 0.374. The lowest BCUT2D eigenvalue weighted by Crippen LogP contribution is -2.42.